The number of anilines is 2. The Bertz CT molecular complexity index is 584. The van der Waals surface area contributed by atoms with Gasteiger partial charge in [-0.25, -0.2) is 0 Å². The van der Waals surface area contributed by atoms with E-state index in [-0.39, 0.29) is 30.3 Å². The lowest BCUT2D eigenvalue weighted by molar-refractivity contribution is -0.123. The smallest absolute Gasteiger partial charge is 0.238 e. The van der Waals surface area contributed by atoms with Crippen molar-refractivity contribution in [1.29, 1.82) is 0 Å². The Balaban J connectivity index is 2.45. The highest BCUT2D eigenvalue weighted by Crippen LogP contribution is 2.13. The standard InChI is InChI=1S/C18H28N4O3/c1-5-22(11-10-17(24)19-13(2)3)12-18(25)21-16-8-6-15(7-9-16)20-14(4)23/h6-9,13H,5,10-12H2,1-4H3,(H,19,24)(H,20,23)(H,21,25). The van der Waals surface area contributed by atoms with Crippen molar-refractivity contribution in [3.8, 4) is 0 Å². The lowest BCUT2D eigenvalue weighted by Gasteiger charge is -2.20. The molecule has 1 aromatic carbocycles. The number of hydrogen-bond donors (Lipinski definition) is 3. The van der Waals surface area contributed by atoms with Crippen molar-refractivity contribution in [1.82, 2.24) is 10.2 Å². The Kier molecular flexibility index (Phi) is 8.63. The second kappa shape index (κ2) is 10.5. The van der Waals surface area contributed by atoms with Crippen LogP contribution in [0.2, 0.25) is 0 Å². The van der Waals surface area contributed by atoms with Gasteiger partial charge in [0.2, 0.25) is 17.7 Å². The Morgan fingerprint density at radius 3 is 2.04 bits per heavy atom. The van der Waals surface area contributed by atoms with Gasteiger partial charge in [0, 0.05) is 37.3 Å². The van der Waals surface area contributed by atoms with Crippen LogP contribution in [0.5, 0.6) is 0 Å². The first-order valence-corrected chi connectivity index (χ1v) is 8.49. The number of hydrogen-bond acceptors (Lipinski definition) is 4. The molecule has 0 spiro atoms. The largest absolute Gasteiger partial charge is 0.354 e. The molecule has 0 saturated heterocycles. The molecule has 3 N–H and O–H groups in total. The van der Waals surface area contributed by atoms with Gasteiger partial charge in [0.1, 0.15) is 0 Å². The van der Waals surface area contributed by atoms with Crippen molar-refractivity contribution in [2.24, 2.45) is 0 Å². The quantitative estimate of drug-likeness (QED) is 0.635. The average Bonchev–Trinajstić information content (AvgIpc) is 2.52. The molecule has 0 fully saturated rings. The van der Waals surface area contributed by atoms with Crippen LogP contribution in [-0.2, 0) is 14.4 Å². The van der Waals surface area contributed by atoms with E-state index in [1.165, 1.54) is 6.92 Å². The molecule has 0 heterocycles. The molecular formula is C18H28N4O3. The molecule has 0 saturated carbocycles. The second-order valence-electron chi connectivity index (χ2n) is 6.15. The number of carbonyl (C=O) groups excluding carboxylic acids is 3. The van der Waals surface area contributed by atoms with E-state index in [4.69, 9.17) is 0 Å². The van der Waals surface area contributed by atoms with E-state index in [0.29, 0.717) is 30.9 Å². The summed E-state index contributed by atoms with van der Waals surface area (Å²) >= 11 is 0. The van der Waals surface area contributed by atoms with Crippen LogP contribution in [0.3, 0.4) is 0 Å². The van der Waals surface area contributed by atoms with Crippen LogP contribution in [0.25, 0.3) is 0 Å². The van der Waals surface area contributed by atoms with Crippen LogP contribution >= 0.6 is 0 Å². The highest BCUT2D eigenvalue weighted by atomic mass is 16.2. The molecule has 0 radical (unpaired) electrons. The molecule has 0 bridgehead atoms. The number of amides is 3. The van der Waals surface area contributed by atoms with Crippen molar-refractivity contribution in [2.45, 2.75) is 40.2 Å². The maximum Gasteiger partial charge on any atom is 0.238 e. The van der Waals surface area contributed by atoms with Gasteiger partial charge in [0.15, 0.2) is 0 Å². The van der Waals surface area contributed by atoms with Gasteiger partial charge in [-0.15, -0.1) is 0 Å². The Morgan fingerprint density at radius 1 is 1.00 bits per heavy atom. The van der Waals surface area contributed by atoms with Crippen LogP contribution in [0, 0.1) is 0 Å². The molecule has 0 atom stereocenters. The summed E-state index contributed by atoms with van der Waals surface area (Å²) in [5.74, 6) is -0.294. The number of carbonyl (C=O) groups is 3. The average molecular weight is 348 g/mol. The lowest BCUT2D eigenvalue weighted by atomic mass is 10.2. The molecule has 7 heteroatoms. The molecule has 3 amide bonds. The highest BCUT2D eigenvalue weighted by molar-refractivity contribution is 5.93. The summed E-state index contributed by atoms with van der Waals surface area (Å²) in [6.45, 7) is 8.67. The van der Waals surface area contributed by atoms with Crippen LogP contribution in [0.1, 0.15) is 34.1 Å². The van der Waals surface area contributed by atoms with Crippen molar-refractivity contribution in [3.63, 3.8) is 0 Å². The third kappa shape index (κ3) is 8.85. The van der Waals surface area contributed by atoms with Crippen molar-refractivity contribution in [2.75, 3.05) is 30.3 Å². The predicted octanol–water partition coefficient (Wildman–Crippen LogP) is 1.82. The SMILES string of the molecule is CCN(CCC(=O)NC(C)C)CC(=O)Nc1ccc(NC(C)=O)cc1. The molecule has 138 valence electrons. The molecular weight excluding hydrogens is 320 g/mol. The van der Waals surface area contributed by atoms with Gasteiger partial charge in [-0.2, -0.15) is 0 Å². The predicted molar refractivity (Wildman–Crippen MR) is 99.4 cm³/mol. The maximum atomic E-state index is 12.1. The van der Waals surface area contributed by atoms with Crippen LogP contribution in [0.4, 0.5) is 11.4 Å². The van der Waals surface area contributed by atoms with Gasteiger partial charge in [-0.05, 0) is 44.7 Å². The number of benzene rings is 1. The zero-order chi connectivity index (χ0) is 18.8. The third-order valence-electron chi connectivity index (χ3n) is 3.41. The van der Waals surface area contributed by atoms with E-state index < -0.39 is 0 Å². The normalized spacial score (nSPS) is 10.6. The van der Waals surface area contributed by atoms with Gasteiger partial charge >= 0.3 is 0 Å². The summed E-state index contributed by atoms with van der Waals surface area (Å²) in [4.78, 5) is 36.7. The molecule has 7 nitrogen and oxygen atoms in total. The second-order valence-corrected chi connectivity index (χ2v) is 6.15. The molecule has 25 heavy (non-hydrogen) atoms. The number of likely N-dealkylation sites (N-methyl/N-ethyl adjacent to an activating group) is 1. The first-order valence-electron chi connectivity index (χ1n) is 8.49. The molecule has 1 aromatic rings. The van der Waals surface area contributed by atoms with E-state index in [9.17, 15) is 14.4 Å². The van der Waals surface area contributed by atoms with Crippen molar-refractivity contribution >= 4 is 29.1 Å². The number of rotatable bonds is 9. The minimum absolute atomic E-state index is 0.0116. The van der Waals surface area contributed by atoms with Gasteiger partial charge in [-0.3, -0.25) is 19.3 Å². The fraction of sp³-hybridized carbons (Fsp3) is 0.500. The molecule has 1 rings (SSSR count). The van der Waals surface area contributed by atoms with Crippen molar-refractivity contribution in [3.05, 3.63) is 24.3 Å². The van der Waals surface area contributed by atoms with Gasteiger partial charge in [0.25, 0.3) is 0 Å². The Labute approximate surface area is 149 Å². The molecule has 0 aliphatic rings. The summed E-state index contributed by atoms with van der Waals surface area (Å²) in [5.41, 5.74) is 1.34. The minimum atomic E-state index is -0.142. The Hall–Kier alpha value is -2.41. The lowest BCUT2D eigenvalue weighted by Crippen LogP contribution is -2.37. The van der Waals surface area contributed by atoms with Crippen molar-refractivity contribution < 1.29 is 14.4 Å². The summed E-state index contributed by atoms with van der Waals surface area (Å²) in [6.07, 6.45) is 0.366. The first-order chi connectivity index (χ1) is 11.8. The molecule has 0 aliphatic heterocycles. The summed E-state index contributed by atoms with van der Waals surface area (Å²) in [5, 5.41) is 8.32. The zero-order valence-electron chi connectivity index (χ0n) is 15.4. The topological polar surface area (TPSA) is 90.5 Å². The van der Waals surface area contributed by atoms with Crippen LogP contribution < -0.4 is 16.0 Å². The summed E-state index contributed by atoms with van der Waals surface area (Å²) in [6, 6.07) is 7.03. The van der Waals surface area contributed by atoms with E-state index >= 15 is 0 Å². The van der Waals surface area contributed by atoms with Gasteiger partial charge < -0.3 is 16.0 Å². The van der Waals surface area contributed by atoms with E-state index in [0.717, 1.165) is 0 Å². The van der Waals surface area contributed by atoms with Gasteiger partial charge in [0.05, 0.1) is 6.54 Å². The maximum absolute atomic E-state index is 12.1. The molecule has 0 aromatic heterocycles. The highest BCUT2D eigenvalue weighted by Gasteiger charge is 2.12. The first kappa shape index (κ1) is 20.6. The molecule has 0 aliphatic carbocycles. The third-order valence-corrected chi connectivity index (χ3v) is 3.41. The number of nitrogens with one attached hydrogen (secondary N) is 3. The minimum Gasteiger partial charge on any atom is -0.354 e. The zero-order valence-corrected chi connectivity index (χ0v) is 15.4. The summed E-state index contributed by atoms with van der Waals surface area (Å²) in [7, 11) is 0. The summed E-state index contributed by atoms with van der Waals surface area (Å²) < 4.78 is 0. The van der Waals surface area contributed by atoms with E-state index in [1.54, 1.807) is 24.3 Å². The fourth-order valence-corrected chi connectivity index (χ4v) is 2.25. The van der Waals surface area contributed by atoms with E-state index in [2.05, 4.69) is 16.0 Å². The van der Waals surface area contributed by atoms with E-state index in [1.807, 2.05) is 25.7 Å². The Morgan fingerprint density at radius 2 is 1.56 bits per heavy atom. The molecule has 0 unspecified atom stereocenters. The van der Waals surface area contributed by atoms with Crippen LogP contribution in [-0.4, -0.2) is 48.3 Å². The fourth-order valence-electron chi connectivity index (χ4n) is 2.25. The van der Waals surface area contributed by atoms with Crippen LogP contribution in [0.15, 0.2) is 24.3 Å². The number of nitrogens with zero attached hydrogens (tertiary/aromatic N) is 1. The van der Waals surface area contributed by atoms with Gasteiger partial charge in [-0.1, -0.05) is 6.92 Å². The monoisotopic (exact) mass is 348 g/mol.